The van der Waals surface area contributed by atoms with Crippen molar-refractivity contribution in [1.82, 2.24) is 9.97 Å². The minimum absolute atomic E-state index is 0.0430. The Morgan fingerprint density at radius 2 is 1.79 bits per heavy atom. The van der Waals surface area contributed by atoms with E-state index in [9.17, 15) is 21.6 Å². The number of rotatable bonds is 6. The first-order valence-corrected chi connectivity index (χ1v) is 11.2. The van der Waals surface area contributed by atoms with Crippen LogP contribution >= 0.6 is 0 Å². The second-order valence-corrected chi connectivity index (χ2v) is 9.14. The minimum atomic E-state index is -4.64. The Labute approximate surface area is 189 Å². The van der Waals surface area contributed by atoms with Crippen molar-refractivity contribution in [3.8, 4) is 5.75 Å². The van der Waals surface area contributed by atoms with Crippen molar-refractivity contribution < 1.29 is 31.1 Å². The second-order valence-electron chi connectivity index (χ2n) is 6.87. The Bertz CT molecular complexity index is 1230. The van der Waals surface area contributed by atoms with Crippen LogP contribution in [-0.2, 0) is 14.6 Å². The molecule has 0 aliphatic rings. The van der Waals surface area contributed by atoms with Gasteiger partial charge >= 0.3 is 6.18 Å². The normalized spacial score (nSPS) is 11.4. The maximum Gasteiger partial charge on any atom is 0.446 e. The van der Waals surface area contributed by atoms with Gasteiger partial charge in [-0.15, -0.1) is 0 Å². The zero-order chi connectivity index (χ0) is 24.8. The zero-order valence-corrected chi connectivity index (χ0v) is 19.2. The number of sulfone groups is 1. The SMILES string of the molecule is CCS(=O)(=O)c1ccc(N(C)C)c(Nc2ncnc3ccc(OC)cc23)c1.O=CC(F)(F)F. The molecule has 0 fully saturated rings. The largest absolute Gasteiger partial charge is 0.497 e. The Hall–Kier alpha value is -3.41. The van der Waals surface area contributed by atoms with Gasteiger partial charge in [0.15, 0.2) is 9.84 Å². The summed E-state index contributed by atoms with van der Waals surface area (Å²) >= 11 is 0. The van der Waals surface area contributed by atoms with Crippen LogP contribution in [0, 0.1) is 0 Å². The number of hydrogen-bond acceptors (Lipinski definition) is 8. The molecule has 1 heterocycles. The summed E-state index contributed by atoms with van der Waals surface area (Å²) in [6, 6.07) is 10.6. The van der Waals surface area contributed by atoms with Crippen LogP contribution in [0.5, 0.6) is 5.75 Å². The maximum atomic E-state index is 12.3. The number of carbonyl (C=O) groups is 1. The number of nitrogens with one attached hydrogen (secondary N) is 1. The lowest BCUT2D eigenvalue weighted by molar-refractivity contribution is -0.156. The fourth-order valence-corrected chi connectivity index (χ4v) is 3.66. The number of hydrogen-bond donors (Lipinski definition) is 1. The van der Waals surface area contributed by atoms with Crippen molar-refractivity contribution in [2.45, 2.75) is 18.0 Å². The van der Waals surface area contributed by atoms with Gasteiger partial charge in [-0.25, -0.2) is 18.4 Å². The number of halogens is 3. The predicted molar refractivity (Wildman–Crippen MR) is 120 cm³/mol. The highest BCUT2D eigenvalue weighted by molar-refractivity contribution is 7.91. The van der Waals surface area contributed by atoms with E-state index in [1.807, 2.05) is 37.2 Å². The lowest BCUT2D eigenvalue weighted by atomic mass is 10.2. The molecule has 178 valence electrons. The summed E-state index contributed by atoms with van der Waals surface area (Å²) in [5.74, 6) is 1.31. The van der Waals surface area contributed by atoms with E-state index in [4.69, 9.17) is 9.53 Å². The van der Waals surface area contributed by atoms with Crippen LogP contribution in [0.4, 0.5) is 30.4 Å². The number of ether oxygens (including phenoxy) is 1. The summed E-state index contributed by atoms with van der Waals surface area (Å²) in [6.07, 6.45) is -4.23. The van der Waals surface area contributed by atoms with Gasteiger partial charge in [0.1, 0.15) is 17.9 Å². The third-order valence-electron chi connectivity index (χ3n) is 4.42. The van der Waals surface area contributed by atoms with Gasteiger partial charge in [0.25, 0.3) is 0 Å². The number of alkyl halides is 3. The minimum Gasteiger partial charge on any atom is -0.497 e. The quantitative estimate of drug-likeness (QED) is 0.524. The van der Waals surface area contributed by atoms with Crippen molar-refractivity contribution in [1.29, 1.82) is 0 Å². The van der Waals surface area contributed by atoms with Gasteiger partial charge in [-0.05, 0) is 36.4 Å². The van der Waals surface area contributed by atoms with E-state index in [0.717, 1.165) is 16.6 Å². The molecule has 0 saturated carbocycles. The first-order valence-electron chi connectivity index (χ1n) is 9.54. The molecule has 0 radical (unpaired) electrons. The highest BCUT2D eigenvalue weighted by atomic mass is 32.2. The third-order valence-corrected chi connectivity index (χ3v) is 6.15. The molecule has 3 rings (SSSR count). The van der Waals surface area contributed by atoms with Crippen LogP contribution in [-0.4, -0.2) is 57.8 Å². The number of nitrogens with zero attached hydrogens (tertiary/aromatic N) is 3. The van der Waals surface area contributed by atoms with Gasteiger partial charge in [0.2, 0.25) is 6.29 Å². The lowest BCUT2D eigenvalue weighted by Gasteiger charge is -2.20. The lowest BCUT2D eigenvalue weighted by Crippen LogP contribution is -2.13. The van der Waals surface area contributed by atoms with Crippen LogP contribution < -0.4 is 15.0 Å². The van der Waals surface area contributed by atoms with E-state index in [1.165, 1.54) is 6.33 Å². The highest BCUT2D eigenvalue weighted by Gasteiger charge is 2.25. The molecule has 33 heavy (non-hydrogen) atoms. The van der Waals surface area contributed by atoms with Crippen LogP contribution in [0.15, 0.2) is 47.6 Å². The van der Waals surface area contributed by atoms with E-state index >= 15 is 0 Å². The van der Waals surface area contributed by atoms with Gasteiger partial charge in [-0.2, -0.15) is 13.2 Å². The summed E-state index contributed by atoms with van der Waals surface area (Å²) in [5.41, 5.74) is 2.26. The summed E-state index contributed by atoms with van der Waals surface area (Å²) in [6.45, 7) is 1.63. The number of fused-ring (bicyclic) bond motifs is 1. The average molecular weight is 485 g/mol. The Morgan fingerprint density at radius 3 is 2.33 bits per heavy atom. The van der Waals surface area contributed by atoms with Gasteiger partial charge in [0.05, 0.1) is 34.6 Å². The molecule has 1 aromatic heterocycles. The van der Waals surface area contributed by atoms with E-state index in [-0.39, 0.29) is 10.6 Å². The number of aldehydes is 1. The topological polar surface area (TPSA) is 101 Å². The number of benzene rings is 2. The second kappa shape index (κ2) is 10.5. The first-order chi connectivity index (χ1) is 15.4. The summed E-state index contributed by atoms with van der Waals surface area (Å²) in [7, 11) is 2.08. The van der Waals surface area contributed by atoms with Crippen molar-refractivity contribution in [3.05, 3.63) is 42.7 Å². The van der Waals surface area contributed by atoms with Crippen LogP contribution in [0.3, 0.4) is 0 Å². The fourth-order valence-electron chi connectivity index (χ4n) is 2.76. The zero-order valence-electron chi connectivity index (χ0n) is 18.3. The monoisotopic (exact) mass is 484 g/mol. The van der Waals surface area contributed by atoms with Crippen molar-refractivity contribution in [2.24, 2.45) is 0 Å². The molecule has 8 nitrogen and oxygen atoms in total. The van der Waals surface area contributed by atoms with Crippen molar-refractivity contribution >= 4 is 44.2 Å². The molecular weight excluding hydrogens is 461 g/mol. The Kier molecular flexibility index (Phi) is 8.20. The van der Waals surface area contributed by atoms with Gasteiger partial charge in [-0.1, -0.05) is 6.92 Å². The van der Waals surface area contributed by atoms with E-state index in [2.05, 4.69) is 15.3 Å². The summed E-state index contributed by atoms with van der Waals surface area (Å²) in [5, 5.41) is 4.05. The van der Waals surface area contributed by atoms with Gasteiger partial charge < -0.3 is 15.0 Å². The number of anilines is 3. The maximum absolute atomic E-state index is 12.3. The smallest absolute Gasteiger partial charge is 0.446 e. The number of aromatic nitrogens is 2. The van der Waals surface area contributed by atoms with E-state index in [1.54, 1.807) is 32.2 Å². The molecule has 0 atom stereocenters. The highest BCUT2D eigenvalue weighted by Crippen LogP contribution is 2.33. The average Bonchev–Trinajstić information content (AvgIpc) is 2.78. The third kappa shape index (κ3) is 6.78. The fraction of sp³-hybridized carbons (Fsp3) is 0.286. The van der Waals surface area contributed by atoms with Gasteiger partial charge in [-0.3, -0.25) is 4.79 Å². The molecule has 0 aliphatic heterocycles. The summed E-state index contributed by atoms with van der Waals surface area (Å²) < 4.78 is 61.1. The van der Waals surface area contributed by atoms with Crippen LogP contribution in [0.25, 0.3) is 10.9 Å². The molecule has 0 saturated heterocycles. The molecular formula is C21H23F3N4O4S. The van der Waals surface area contributed by atoms with Gasteiger partial charge in [0, 0.05) is 19.5 Å². The molecule has 1 N–H and O–H groups in total. The number of methoxy groups -OCH3 is 1. The van der Waals surface area contributed by atoms with E-state index < -0.39 is 22.3 Å². The molecule has 12 heteroatoms. The molecule has 0 spiro atoms. The molecule has 0 unspecified atom stereocenters. The van der Waals surface area contributed by atoms with Crippen LogP contribution in [0.2, 0.25) is 0 Å². The van der Waals surface area contributed by atoms with E-state index in [0.29, 0.717) is 17.3 Å². The Morgan fingerprint density at radius 1 is 1.12 bits per heavy atom. The molecule has 0 amide bonds. The predicted octanol–water partition coefficient (Wildman–Crippen LogP) is 3.99. The molecule has 3 aromatic rings. The standard InChI is InChI=1S/C19H22N4O3S.C2HF3O/c1-5-27(24,25)14-7-9-18(23(2)3)17(11-14)22-19-15-10-13(26-4)6-8-16(15)20-12-21-19;3-2(4,5)1-6/h6-12H,5H2,1-4H3,(H,20,21,22);1H. The first kappa shape index (κ1) is 25.8. The Balaban J connectivity index is 0.000000569. The molecule has 0 bridgehead atoms. The molecule has 0 aliphatic carbocycles. The summed E-state index contributed by atoms with van der Waals surface area (Å²) in [4.78, 5) is 19.5. The van der Waals surface area contributed by atoms with Crippen molar-refractivity contribution in [3.63, 3.8) is 0 Å². The number of carbonyl (C=O) groups excluding carboxylic acids is 1. The van der Waals surface area contributed by atoms with Crippen LogP contribution in [0.1, 0.15) is 6.92 Å². The molecule has 2 aromatic carbocycles. The van der Waals surface area contributed by atoms with Crippen molar-refractivity contribution in [2.75, 3.05) is 37.2 Å².